The van der Waals surface area contributed by atoms with E-state index in [-0.39, 0.29) is 64.6 Å². The van der Waals surface area contributed by atoms with Gasteiger partial charge in [0, 0.05) is 167 Å². The number of carbonyl (C=O) groups is 7. The molecule has 13 N–H and O–H groups in total. The Morgan fingerprint density at radius 1 is 0.490 bits per heavy atom. The average molecular weight is 1470 g/mol. The fourth-order valence-corrected chi connectivity index (χ4v) is 10.2. The molecule has 2 amide bonds. The normalized spacial score (nSPS) is 14.0. The minimum atomic E-state index is -2.95. The van der Waals surface area contributed by atoms with E-state index in [1.165, 1.54) is 72.9 Å². The van der Waals surface area contributed by atoms with Crippen LogP contribution in [0.3, 0.4) is 0 Å². The first-order valence-corrected chi connectivity index (χ1v) is 33.9. The van der Waals surface area contributed by atoms with Gasteiger partial charge < -0.3 is 96.2 Å². The van der Waals surface area contributed by atoms with Gasteiger partial charge >= 0.3 is 41.8 Å². The van der Waals surface area contributed by atoms with Crippen LogP contribution in [0.2, 0.25) is 0 Å². The maximum atomic E-state index is 11.2. The van der Waals surface area contributed by atoms with E-state index in [1.807, 2.05) is 29.5 Å². The Balaban J connectivity index is 0.000000225. The number of nitrogens with two attached hydrogens (primary N) is 1. The van der Waals surface area contributed by atoms with Crippen LogP contribution in [-0.2, 0) is 25.9 Å². The molecule has 7 aromatic rings. The first-order chi connectivity index (χ1) is 49.9. The number of ether oxygens (including phenoxy) is 2. The van der Waals surface area contributed by atoms with Crippen molar-refractivity contribution in [2.45, 2.75) is 39.3 Å². The maximum absolute atomic E-state index is 11.2. The summed E-state index contributed by atoms with van der Waals surface area (Å²) in [6, 6.07) is 7.92. The molecule has 0 aliphatic carbocycles. The summed E-state index contributed by atoms with van der Waals surface area (Å²) in [4.78, 5) is 134. The maximum Gasteiger partial charge on any atom is 0.354 e. The predicted molar refractivity (Wildman–Crippen MR) is 370 cm³/mol. The van der Waals surface area contributed by atoms with E-state index in [0.717, 1.165) is 71.7 Å². The molecule has 3 fully saturated rings. The summed E-state index contributed by atoms with van der Waals surface area (Å²) in [5.74, 6) is -3.36. The number of amides is 2. The summed E-state index contributed by atoms with van der Waals surface area (Å²) in [5, 5.41) is 79.0. The number of carboxylic acids is 6. The van der Waals surface area contributed by atoms with E-state index in [9.17, 15) is 42.0 Å². The molecule has 0 bridgehead atoms. The molecular formula is C61H83N23O19S. The molecule has 43 heteroatoms. The van der Waals surface area contributed by atoms with Crippen LogP contribution in [0.5, 0.6) is 0 Å². The molecule has 0 aromatic carbocycles. The Labute approximate surface area is 595 Å². The standard InChI is InChI=1S/C13H20N4O3.C11H13N5O2.C10H13N5O3.C10H15N3O3.C9H11N3O4S.C8H11N3O4/c1-2-20-8-7-16-3-5-17(6-4-16)12-9-11(13(18)19)14-10-15-12;17-11(18)9-6-10(15-7-14-9)13-2-1-4-16-5-3-12-8-16;11-10(18)15-3-1-14(2-4-15)8-5-7(9(16)17)12-6-13-8;1-2-16-5-3-4-11-9-6-8(10(14)15)12-7-13-9;13-9(14)7-5-8(11-6-10-7)12-1-3-17(15,16)4-2-12;12-3-5(13)2-9-7-1-6(8(14)15)10-4-11-7/h9-10H,2-8H2,1H3,(H,18,19);3,5-8H,1-2,4H2,(H,17,18)(H,13,14,15);5-6H,1-4H2,(H2,11,18)(H,16,17);6-7H,2-5H2,1H3,(H,14,15)(H,11,12,13);5-6H,1-4H2,(H,13,14);1,4-5,12-13H,2-3H2,(H,14,15)(H,9,10,11). The third-order valence-corrected chi connectivity index (χ3v) is 16.1. The zero-order valence-electron chi connectivity index (χ0n) is 56.8. The van der Waals surface area contributed by atoms with Gasteiger partial charge in [0.2, 0.25) is 0 Å². The second kappa shape index (κ2) is 44.6. The average Bonchev–Trinajstić information content (AvgIpc) is 0.865. The topological polar surface area (TPSA) is 585 Å². The molecule has 1 unspecified atom stereocenters. The molecule has 3 aliphatic heterocycles. The summed E-state index contributed by atoms with van der Waals surface area (Å²) < 4.78 is 35.0. The van der Waals surface area contributed by atoms with Gasteiger partial charge in [-0.05, 0) is 26.7 Å². The van der Waals surface area contributed by atoms with Crippen molar-refractivity contribution in [3.63, 3.8) is 0 Å². The second-order valence-corrected chi connectivity index (χ2v) is 24.0. The van der Waals surface area contributed by atoms with Gasteiger partial charge in [0.1, 0.15) is 72.9 Å². The largest absolute Gasteiger partial charge is 0.477 e. The number of piperazine rings is 2. The van der Waals surface area contributed by atoms with Crippen LogP contribution < -0.4 is 36.4 Å². The van der Waals surface area contributed by atoms with Crippen LogP contribution in [0.1, 0.15) is 89.6 Å². The van der Waals surface area contributed by atoms with Crippen molar-refractivity contribution in [3.05, 3.63) is 127 Å². The van der Waals surface area contributed by atoms with Gasteiger partial charge in [-0.1, -0.05) is 0 Å². The van der Waals surface area contributed by atoms with Gasteiger partial charge in [-0.25, -0.2) is 107 Å². The van der Waals surface area contributed by atoms with Crippen LogP contribution in [0.4, 0.5) is 39.7 Å². The van der Waals surface area contributed by atoms with Crippen molar-refractivity contribution in [2.24, 2.45) is 5.73 Å². The number of nitrogens with zero attached hydrogens (tertiary/aromatic N) is 19. The summed E-state index contributed by atoms with van der Waals surface area (Å²) in [6.07, 6.45) is 13.5. The number of aromatic carboxylic acids is 6. The van der Waals surface area contributed by atoms with Gasteiger partial charge in [0.25, 0.3) is 0 Å². The minimum absolute atomic E-state index is 0.0118. The van der Waals surface area contributed by atoms with Crippen LogP contribution in [0.25, 0.3) is 0 Å². The third-order valence-electron chi connectivity index (χ3n) is 14.5. The van der Waals surface area contributed by atoms with Crippen molar-refractivity contribution in [2.75, 3.05) is 167 Å². The van der Waals surface area contributed by atoms with Crippen molar-refractivity contribution in [1.82, 2.24) is 79.2 Å². The number of aromatic nitrogens is 14. The number of hydrogen-bond acceptors (Lipinski definition) is 33. The van der Waals surface area contributed by atoms with Crippen LogP contribution in [0, 0.1) is 0 Å². The highest BCUT2D eigenvalue weighted by Crippen LogP contribution is 2.18. The smallest absolute Gasteiger partial charge is 0.354 e. The van der Waals surface area contributed by atoms with Crippen molar-refractivity contribution < 1.29 is 92.3 Å². The van der Waals surface area contributed by atoms with E-state index in [0.29, 0.717) is 94.7 Å². The summed E-state index contributed by atoms with van der Waals surface area (Å²) in [7, 11) is -2.95. The molecule has 3 saturated heterocycles. The molecule has 10 rings (SSSR count). The predicted octanol–water partition coefficient (Wildman–Crippen LogP) is -0.0549. The number of primary amides is 1. The van der Waals surface area contributed by atoms with Crippen LogP contribution in [-0.4, -0.2) is 313 Å². The Morgan fingerprint density at radius 2 is 0.865 bits per heavy atom. The molecule has 104 heavy (non-hydrogen) atoms. The number of aliphatic hydroxyl groups excluding tert-OH is 2. The Kier molecular flexibility index (Phi) is 35.6. The molecule has 7 aromatic heterocycles. The fourth-order valence-electron chi connectivity index (χ4n) is 8.98. The Hall–Kier alpha value is -11.7. The van der Waals surface area contributed by atoms with E-state index in [4.69, 9.17) is 56.1 Å². The summed E-state index contributed by atoms with van der Waals surface area (Å²) in [5.41, 5.74) is 4.92. The van der Waals surface area contributed by atoms with Crippen molar-refractivity contribution in [1.29, 1.82) is 0 Å². The number of imidazole rings is 1. The number of hydrogen-bond donors (Lipinski definition) is 12. The molecule has 562 valence electrons. The quantitative estimate of drug-likeness (QED) is 0.0286. The van der Waals surface area contributed by atoms with E-state index in [2.05, 4.69) is 90.5 Å². The molecule has 10 heterocycles. The SMILES string of the molecule is CCOCCCNc1cc(C(=O)O)ncn1.CCOCCN1CCN(c2cc(C(=O)O)ncn2)CC1.NC(=O)N1CCN(c2cc(C(=O)O)ncn2)CC1.O=C(O)c1cc(N2CCS(=O)(=O)CC2)ncn1.O=C(O)c1cc(NCC(O)CO)ncn1.O=C(O)c1cc(NCCCn2ccnc2)ncn1. The molecule has 1 atom stereocenters. The lowest BCUT2D eigenvalue weighted by Crippen LogP contribution is -2.50. The minimum Gasteiger partial charge on any atom is -0.477 e. The molecule has 3 aliphatic rings. The molecule has 0 spiro atoms. The highest BCUT2D eigenvalue weighted by molar-refractivity contribution is 7.91. The highest BCUT2D eigenvalue weighted by atomic mass is 32.2. The number of carboxylic acid groups (broad SMARTS) is 6. The van der Waals surface area contributed by atoms with Crippen molar-refractivity contribution in [3.8, 4) is 0 Å². The number of carbonyl (C=O) groups excluding carboxylic acids is 1. The second-order valence-electron chi connectivity index (χ2n) is 21.7. The zero-order valence-corrected chi connectivity index (χ0v) is 57.6. The lowest BCUT2D eigenvalue weighted by molar-refractivity contribution is 0.0679. The highest BCUT2D eigenvalue weighted by Gasteiger charge is 2.25. The van der Waals surface area contributed by atoms with Gasteiger partial charge in [-0.3, -0.25) is 4.90 Å². The number of rotatable bonds is 28. The first-order valence-electron chi connectivity index (χ1n) is 32.0. The van der Waals surface area contributed by atoms with E-state index < -0.39 is 57.8 Å². The van der Waals surface area contributed by atoms with Crippen LogP contribution in [0.15, 0.2) is 93.1 Å². The Bertz CT molecular complexity index is 3940. The van der Waals surface area contributed by atoms with Gasteiger partial charge in [-0.2, -0.15) is 0 Å². The number of aliphatic hydroxyl groups is 2. The van der Waals surface area contributed by atoms with E-state index >= 15 is 0 Å². The molecule has 0 radical (unpaired) electrons. The number of urea groups is 1. The molecular weight excluding hydrogens is 1390 g/mol. The van der Waals surface area contributed by atoms with Crippen LogP contribution >= 0.6 is 0 Å². The Morgan fingerprint density at radius 3 is 1.25 bits per heavy atom. The van der Waals surface area contributed by atoms with E-state index in [1.54, 1.807) is 17.4 Å². The fraction of sp³-hybridized carbons (Fsp3) is 0.443. The van der Waals surface area contributed by atoms with Gasteiger partial charge in [0.15, 0.2) is 44.0 Å². The molecule has 42 nitrogen and oxygen atoms in total. The zero-order chi connectivity index (χ0) is 75.8. The van der Waals surface area contributed by atoms with Gasteiger partial charge in [0.05, 0.1) is 37.2 Å². The summed E-state index contributed by atoms with van der Waals surface area (Å²) in [6.45, 7) is 16.1. The lowest BCUT2D eigenvalue weighted by atomic mass is 10.3. The number of nitrogens with one attached hydrogen (secondary N) is 3. The van der Waals surface area contributed by atoms with Gasteiger partial charge in [-0.15, -0.1) is 0 Å². The molecule has 0 saturated carbocycles. The number of aryl methyl sites for hydroxylation is 1. The third kappa shape index (κ3) is 30.7. The summed E-state index contributed by atoms with van der Waals surface area (Å²) >= 11 is 0. The van der Waals surface area contributed by atoms with Crippen molar-refractivity contribution >= 4 is 86.6 Å². The first kappa shape index (κ1) is 83.0. The lowest BCUT2D eigenvalue weighted by Gasteiger charge is -2.35. The monoisotopic (exact) mass is 1470 g/mol. The number of sulfone groups is 1. The number of anilines is 6.